The van der Waals surface area contributed by atoms with Crippen LogP contribution in [0.3, 0.4) is 0 Å². The Balaban J connectivity index is 1.55. The maximum absolute atomic E-state index is 13.0. The first-order chi connectivity index (χ1) is 13.1. The first-order valence-corrected chi connectivity index (χ1v) is 10.3. The zero-order valence-electron chi connectivity index (χ0n) is 15.0. The zero-order valence-corrected chi connectivity index (χ0v) is 16.6. The smallest absolute Gasteiger partial charge is 0.266 e. The number of piperidine rings is 1. The van der Waals surface area contributed by atoms with Crippen LogP contribution < -0.4 is 0 Å². The Morgan fingerprint density at radius 2 is 2.26 bits per heavy atom. The Hall–Kier alpha value is -2.18. The Labute approximate surface area is 167 Å². The second-order valence-corrected chi connectivity index (χ2v) is 8.04. The number of oxazole rings is 1. The quantitative estimate of drug-likeness (QED) is 0.613. The van der Waals surface area contributed by atoms with E-state index < -0.39 is 0 Å². The first kappa shape index (κ1) is 18.2. The second-order valence-electron chi connectivity index (χ2n) is 6.75. The third-order valence-corrected chi connectivity index (χ3v) is 5.98. The number of hydrogen-bond acceptors (Lipinski definition) is 5. The summed E-state index contributed by atoms with van der Waals surface area (Å²) in [6.45, 7) is 2.59. The van der Waals surface area contributed by atoms with Crippen molar-refractivity contribution in [2.75, 3.05) is 6.54 Å². The number of nitrogens with zero attached hydrogens (tertiary/aromatic N) is 3. The number of likely N-dealkylation sites (tertiary alicyclic amines) is 1. The number of benzene rings is 1. The fourth-order valence-corrected chi connectivity index (χ4v) is 4.45. The molecule has 27 heavy (non-hydrogen) atoms. The first-order valence-electron chi connectivity index (χ1n) is 9.02. The van der Waals surface area contributed by atoms with Crippen LogP contribution in [0.15, 0.2) is 40.4 Å². The monoisotopic (exact) mass is 401 g/mol. The molecule has 0 bridgehead atoms. The van der Waals surface area contributed by atoms with Gasteiger partial charge in [0.1, 0.15) is 16.7 Å². The molecule has 0 spiro atoms. The van der Waals surface area contributed by atoms with Gasteiger partial charge in [-0.3, -0.25) is 4.79 Å². The largest absolute Gasteiger partial charge is 0.443 e. The molecular formula is C20H20ClN3O2S. The van der Waals surface area contributed by atoms with Gasteiger partial charge in [-0.25, -0.2) is 9.97 Å². The lowest BCUT2D eigenvalue weighted by molar-refractivity contribution is 0.0574. The van der Waals surface area contributed by atoms with Gasteiger partial charge < -0.3 is 9.32 Å². The zero-order chi connectivity index (χ0) is 18.8. The number of amides is 1. The van der Waals surface area contributed by atoms with Gasteiger partial charge in [0.2, 0.25) is 5.89 Å². The molecule has 1 aromatic carbocycles. The van der Waals surface area contributed by atoms with Gasteiger partial charge in [0.25, 0.3) is 5.91 Å². The van der Waals surface area contributed by atoms with E-state index in [1.807, 2.05) is 36.1 Å². The molecule has 3 aromatic rings. The molecule has 0 aliphatic carbocycles. The van der Waals surface area contributed by atoms with E-state index in [0.29, 0.717) is 28.8 Å². The number of aryl methyl sites for hydroxylation is 1. The standard InChI is InChI=1S/C20H20ClN3O2S/c1-13-18(27-12-23-13)20(25)24-8-3-2-7-17(24)19-22-11-16(26-19)10-14-5-4-6-15(21)9-14/h4-6,9,11-12,17H,2-3,7-8,10H2,1H3/t17-/m0/s1. The third-order valence-electron chi connectivity index (χ3n) is 4.83. The average Bonchev–Trinajstić information content (AvgIpc) is 3.30. The maximum Gasteiger partial charge on any atom is 0.266 e. The Morgan fingerprint density at radius 3 is 3.04 bits per heavy atom. The number of hydrogen-bond donors (Lipinski definition) is 0. The maximum atomic E-state index is 13.0. The highest BCUT2D eigenvalue weighted by atomic mass is 35.5. The van der Waals surface area contributed by atoms with E-state index >= 15 is 0 Å². The summed E-state index contributed by atoms with van der Waals surface area (Å²) >= 11 is 7.45. The minimum atomic E-state index is -0.124. The normalized spacial score (nSPS) is 17.3. The Bertz CT molecular complexity index is 952. The second kappa shape index (κ2) is 7.82. The van der Waals surface area contributed by atoms with E-state index in [2.05, 4.69) is 9.97 Å². The molecule has 4 rings (SSSR count). The Kier molecular flexibility index (Phi) is 5.27. The van der Waals surface area contributed by atoms with E-state index in [0.717, 1.165) is 36.3 Å². The van der Waals surface area contributed by atoms with Gasteiger partial charge in [0.05, 0.1) is 17.4 Å². The van der Waals surface area contributed by atoms with Crippen molar-refractivity contribution in [3.8, 4) is 0 Å². The number of aromatic nitrogens is 2. The highest BCUT2D eigenvalue weighted by Crippen LogP contribution is 2.33. The lowest BCUT2D eigenvalue weighted by atomic mass is 10.0. The van der Waals surface area contributed by atoms with Crippen molar-refractivity contribution in [2.45, 2.75) is 38.6 Å². The van der Waals surface area contributed by atoms with Gasteiger partial charge in [0, 0.05) is 18.0 Å². The Morgan fingerprint density at radius 1 is 1.37 bits per heavy atom. The number of halogens is 1. The van der Waals surface area contributed by atoms with Crippen LogP contribution in [0.2, 0.25) is 5.02 Å². The fourth-order valence-electron chi connectivity index (χ4n) is 3.48. The number of carbonyl (C=O) groups is 1. The van der Waals surface area contributed by atoms with Crippen LogP contribution in [0.25, 0.3) is 0 Å². The molecule has 1 amide bonds. The molecule has 7 heteroatoms. The number of thiazole rings is 1. The van der Waals surface area contributed by atoms with Crippen molar-refractivity contribution >= 4 is 28.8 Å². The van der Waals surface area contributed by atoms with Crippen LogP contribution in [0.1, 0.15) is 57.9 Å². The van der Waals surface area contributed by atoms with E-state index in [9.17, 15) is 4.79 Å². The SMILES string of the molecule is Cc1ncsc1C(=O)N1CCCC[C@H]1c1ncc(Cc2cccc(Cl)c2)o1. The van der Waals surface area contributed by atoms with E-state index in [1.165, 1.54) is 11.3 Å². The summed E-state index contributed by atoms with van der Waals surface area (Å²) < 4.78 is 6.03. The molecule has 3 heterocycles. The van der Waals surface area contributed by atoms with Gasteiger partial charge >= 0.3 is 0 Å². The lowest BCUT2D eigenvalue weighted by Crippen LogP contribution is -2.38. The van der Waals surface area contributed by atoms with Crippen molar-refractivity contribution in [2.24, 2.45) is 0 Å². The molecule has 1 atom stereocenters. The van der Waals surface area contributed by atoms with Crippen LogP contribution in [-0.4, -0.2) is 27.3 Å². The molecular weight excluding hydrogens is 382 g/mol. The summed E-state index contributed by atoms with van der Waals surface area (Å²) in [5.41, 5.74) is 3.57. The van der Waals surface area contributed by atoms with Crippen LogP contribution in [0.4, 0.5) is 0 Å². The summed E-state index contributed by atoms with van der Waals surface area (Å²) in [7, 11) is 0. The lowest BCUT2D eigenvalue weighted by Gasteiger charge is -2.33. The van der Waals surface area contributed by atoms with Crippen LogP contribution in [0.5, 0.6) is 0 Å². The number of rotatable bonds is 4. The average molecular weight is 402 g/mol. The summed E-state index contributed by atoms with van der Waals surface area (Å²) in [5.74, 6) is 1.41. The minimum Gasteiger partial charge on any atom is -0.443 e. The molecule has 1 aliphatic heterocycles. The predicted octanol–water partition coefficient (Wildman–Crippen LogP) is 5.05. The molecule has 1 fully saturated rings. The highest BCUT2D eigenvalue weighted by Gasteiger charge is 2.33. The molecule has 0 radical (unpaired) electrons. The molecule has 0 saturated carbocycles. The molecule has 2 aromatic heterocycles. The molecule has 5 nitrogen and oxygen atoms in total. The van der Waals surface area contributed by atoms with Gasteiger partial charge in [-0.05, 0) is 43.9 Å². The summed E-state index contributed by atoms with van der Waals surface area (Å²) in [4.78, 5) is 24.3. The number of carbonyl (C=O) groups excluding carboxylic acids is 1. The molecule has 0 N–H and O–H groups in total. The fraction of sp³-hybridized carbons (Fsp3) is 0.350. The molecule has 0 unspecified atom stereocenters. The molecule has 1 saturated heterocycles. The third kappa shape index (κ3) is 3.92. The van der Waals surface area contributed by atoms with Crippen LogP contribution in [0, 0.1) is 6.92 Å². The van der Waals surface area contributed by atoms with Crippen molar-refractivity contribution in [3.05, 3.63) is 68.8 Å². The highest BCUT2D eigenvalue weighted by molar-refractivity contribution is 7.11. The minimum absolute atomic E-state index is 0.0225. The van der Waals surface area contributed by atoms with Gasteiger partial charge in [-0.1, -0.05) is 23.7 Å². The molecule has 1 aliphatic rings. The van der Waals surface area contributed by atoms with Gasteiger partial charge in [-0.2, -0.15) is 0 Å². The van der Waals surface area contributed by atoms with Crippen molar-refractivity contribution in [1.29, 1.82) is 0 Å². The van der Waals surface area contributed by atoms with Crippen molar-refractivity contribution in [3.63, 3.8) is 0 Å². The summed E-state index contributed by atoms with van der Waals surface area (Å²) in [6.07, 6.45) is 5.30. The predicted molar refractivity (Wildman–Crippen MR) is 105 cm³/mol. The topological polar surface area (TPSA) is 59.2 Å². The van der Waals surface area contributed by atoms with Crippen molar-refractivity contribution < 1.29 is 9.21 Å². The van der Waals surface area contributed by atoms with Crippen LogP contribution in [-0.2, 0) is 6.42 Å². The van der Waals surface area contributed by atoms with E-state index in [1.54, 1.807) is 11.7 Å². The van der Waals surface area contributed by atoms with E-state index in [4.69, 9.17) is 16.0 Å². The molecule has 140 valence electrons. The van der Waals surface area contributed by atoms with Crippen molar-refractivity contribution in [1.82, 2.24) is 14.9 Å². The van der Waals surface area contributed by atoms with Gasteiger partial charge in [-0.15, -0.1) is 11.3 Å². The summed E-state index contributed by atoms with van der Waals surface area (Å²) in [5, 5.41) is 0.705. The van der Waals surface area contributed by atoms with E-state index in [-0.39, 0.29) is 11.9 Å². The van der Waals surface area contributed by atoms with Crippen LogP contribution >= 0.6 is 22.9 Å². The summed E-state index contributed by atoms with van der Waals surface area (Å²) in [6, 6.07) is 7.59. The van der Waals surface area contributed by atoms with Gasteiger partial charge in [0.15, 0.2) is 0 Å².